The van der Waals surface area contributed by atoms with E-state index in [-0.39, 0.29) is 17.9 Å². The molecule has 0 aliphatic heterocycles. The molecule has 1 rings (SSSR count). The van der Waals surface area contributed by atoms with Crippen LogP contribution in [0.5, 0.6) is 0 Å². The molecule has 4 nitrogen and oxygen atoms in total. The van der Waals surface area contributed by atoms with Gasteiger partial charge in [0.1, 0.15) is 6.04 Å². The van der Waals surface area contributed by atoms with E-state index in [0.29, 0.717) is 29.1 Å². The van der Waals surface area contributed by atoms with Crippen LogP contribution in [0.1, 0.15) is 47.0 Å². The molecule has 132 valence electrons. The molecule has 5 heteroatoms. The lowest BCUT2D eigenvalue weighted by atomic mass is 9.74. The van der Waals surface area contributed by atoms with Crippen LogP contribution in [0.4, 0.5) is 0 Å². The first-order valence-electron chi connectivity index (χ1n) is 8.51. The fourth-order valence-corrected chi connectivity index (χ4v) is 3.85. The highest BCUT2D eigenvalue weighted by Crippen LogP contribution is 2.33. The van der Waals surface area contributed by atoms with Crippen molar-refractivity contribution in [2.45, 2.75) is 59.0 Å². The van der Waals surface area contributed by atoms with Crippen LogP contribution in [0.25, 0.3) is 0 Å². The van der Waals surface area contributed by atoms with E-state index in [2.05, 4.69) is 38.0 Å². The van der Waals surface area contributed by atoms with Gasteiger partial charge in [0.15, 0.2) is 0 Å². The van der Waals surface area contributed by atoms with Gasteiger partial charge in [-0.3, -0.25) is 9.59 Å². The number of carbonyl (C=O) groups is 2. The lowest BCUT2D eigenvalue weighted by Gasteiger charge is -2.38. The number of nitrogens with one attached hydrogen (secondary N) is 2. The second-order valence-electron chi connectivity index (χ2n) is 7.20. The van der Waals surface area contributed by atoms with Gasteiger partial charge in [-0.1, -0.05) is 33.8 Å². The van der Waals surface area contributed by atoms with E-state index in [1.165, 1.54) is 6.42 Å². The van der Waals surface area contributed by atoms with Gasteiger partial charge in [-0.25, -0.2) is 0 Å². The van der Waals surface area contributed by atoms with Crippen molar-refractivity contribution in [2.24, 2.45) is 17.8 Å². The lowest BCUT2D eigenvalue weighted by molar-refractivity contribution is -0.128. The summed E-state index contributed by atoms with van der Waals surface area (Å²) in [5, 5.41) is 6.00. The molecule has 4 atom stereocenters. The third-order valence-electron chi connectivity index (χ3n) is 4.69. The Balaban J connectivity index is 2.74. The molecule has 0 saturated heterocycles. The summed E-state index contributed by atoms with van der Waals surface area (Å²) in [5.74, 6) is 1.95. The van der Waals surface area contributed by atoms with Crippen LogP contribution in [-0.4, -0.2) is 35.9 Å². The van der Waals surface area contributed by atoms with Crippen molar-refractivity contribution in [3.63, 3.8) is 0 Å². The Bertz CT molecular complexity index is 437. The normalized spacial score (nSPS) is 25.7. The molecule has 1 aliphatic carbocycles. The van der Waals surface area contributed by atoms with Gasteiger partial charge in [0, 0.05) is 17.4 Å². The van der Waals surface area contributed by atoms with Crippen LogP contribution in [-0.2, 0) is 9.59 Å². The summed E-state index contributed by atoms with van der Waals surface area (Å²) in [5.41, 5.74) is 0.426. The third-order valence-corrected chi connectivity index (χ3v) is 5.36. The zero-order valence-corrected chi connectivity index (χ0v) is 16.0. The van der Waals surface area contributed by atoms with E-state index in [1.54, 1.807) is 18.7 Å². The maximum absolute atomic E-state index is 12.7. The molecule has 1 saturated carbocycles. The van der Waals surface area contributed by atoms with Gasteiger partial charge in [0.25, 0.3) is 0 Å². The largest absolute Gasteiger partial charge is 0.351 e. The number of hydrogen-bond donors (Lipinski definition) is 2. The van der Waals surface area contributed by atoms with Crippen molar-refractivity contribution in [3.05, 3.63) is 12.2 Å². The van der Waals surface area contributed by atoms with E-state index in [0.717, 1.165) is 12.8 Å². The highest BCUT2D eigenvalue weighted by Gasteiger charge is 2.33. The Morgan fingerprint density at radius 2 is 1.96 bits per heavy atom. The van der Waals surface area contributed by atoms with E-state index in [4.69, 9.17) is 0 Å². The Morgan fingerprint density at radius 3 is 2.48 bits per heavy atom. The summed E-state index contributed by atoms with van der Waals surface area (Å²) in [4.78, 5) is 24.5. The van der Waals surface area contributed by atoms with E-state index in [1.807, 2.05) is 6.26 Å². The van der Waals surface area contributed by atoms with Gasteiger partial charge < -0.3 is 10.6 Å². The molecule has 0 spiro atoms. The Hall–Kier alpha value is -0.970. The van der Waals surface area contributed by atoms with Crippen molar-refractivity contribution in [1.29, 1.82) is 0 Å². The second kappa shape index (κ2) is 9.36. The van der Waals surface area contributed by atoms with Crippen LogP contribution >= 0.6 is 11.8 Å². The molecule has 23 heavy (non-hydrogen) atoms. The lowest BCUT2D eigenvalue weighted by Crippen LogP contribution is -2.54. The minimum absolute atomic E-state index is 0.0706. The van der Waals surface area contributed by atoms with Crippen LogP contribution in [0, 0.1) is 17.8 Å². The summed E-state index contributed by atoms with van der Waals surface area (Å²) in [6.45, 7) is 12.0. The predicted molar refractivity (Wildman–Crippen MR) is 98.4 cm³/mol. The summed E-state index contributed by atoms with van der Waals surface area (Å²) in [7, 11) is 0. The summed E-state index contributed by atoms with van der Waals surface area (Å²) >= 11 is 1.56. The second-order valence-corrected chi connectivity index (χ2v) is 8.11. The Labute approximate surface area is 145 Å². The van der Waals surface area contributed by atoms with Crippen molar-refractivity contribution in [2.75, 3.05) is 12.0 Å². The molecule has 0 bridgehead atoms. The summed E-state index contributed by atoms with van der Waals surface area (Å²) in [6.07, 6.45) is 5.35. The van der Waals surface area contributed by atoms with Crippen molar-refractivity contribution in [3.8, 4) is 0 Å². The summed E-state index contributed by atoms with van der Waals surface area (Å²) < 4.78 is 0. The molecule has 0 heterocycles. The van der Waals surface area contributed by atoms with Gasteiger partial charge >= 0.3 is 0 Å². The SMILES string of the molecule is C=C(C)C(=O)N[C@@H](CSC)C(=O)NC1CC(C)CCC1C(C)C. The van der Waals surface area contributed by atoms with Gasteiger partial charge in [-0.15, -0.1) is 0 Å². The molecule has 0 aromatic heterocycles. The number of thioether (sulfide) groups is 1. The van der Waals surface area contributed by atoms with Gasteiger partial charge in [0.2, 0.25) is 11.8 Å². The smallest absolute Gasteiger partial charge is 0.246 e. The van der Waals surface area contributed by atoms with Crippen molar-refractivity contribution in [1.82, 2.24) is 10.6 Å². The van der Waals surface area contributed by atoms with Crippen molar-refractivity contribution < 1.29 is 9.59 Å². The van der Waals surface area contributed by atoms with Crippen LogP contribution < -0.4 is 10.6 Å². The highest BCUT2D eigenvalue weighted by molar-refractivity contribution is 7.98. The first-order valence-corrected chi connectivity index (χ1v) is 9.91. The van der Waals surface area contributed by atoms with E-state index >= 15 is 0 Å². The highest BCUT2D eigenvalue weighted by atomic mass is 32.2. The maximum atomic E-state index is 12.7. The Kier molecular flexibility index (Phi) is 8.17. The van der Waals surface area contributed by atoms with Crippen molar-refractivity contribution >= 4 is 23.6 Å². The fraction of sp³-hybridized carbons (Fsp3) is 0.778. The van der Waals surface area contributed by atoms with E-state index < -0.39 is 6.04 Å². The average molecular weight is 341 g/mol. The molecule has 1 aliphatic rings. The van der Waals surface area contributed by atoms with Gasteiger partial charge in [0.05, 0.1) is 0 Å². The van der Waals surface area contributed by atoms with Crippen LogP contribution in [0.3, 0.4) is 0 Å². The Morgan fingerprint density at radius 1 is 1.30 bits per heavy atom. The monoisotopic (exact) mass is 340 g/mol. The standard InChI is InChI=1S/C18H32N2O2S/c1-11(2)14-8-7-13(5)9-15(14)19-18(22)16(10-23-6)20-17(21)12(3)4/h11,13-16H,3,7-10H2,1-2,4-6H3,(H,19,22)(H,20,21)/t13?,14?,15?,16-/m0/s1. The molecule has 1 fully saturated rings. The zero-order chi connectivity index (χ0) is 17.6. The molecule has 2 amide bonds. The number of carbonyl (C=O) groups excluding carboxylic acids is 2. The minimum atomic E-state index is -0.501. The summed E-state index contributed by atoms with van der Waals surface area (Å²) in [6, 6.07) is -0.295. The maximum Gasteiger partial charge on any atom is 0.246 e. The molecular formula is C18H32N2O2S. The predicted octanol–water partition coefficient (Wildman–Crippen LogP) is 2.99. The molecule has 3 unspecified atom stereocenters. The zero-order valence-electron chi connectivity index (χ0n) is 15.1. The fourth-order valence-electron chi connectivity index (χ4n) is 3.28. The number of amides is 2. The first kappa shape index (κ1) is 20.1. The first-order chi connectivity index (χ1) is 10.8. The topological polar surface area (TPSA) is 58.2 Å². The number of hydrogen-bond acceptors (Lipinski definition) is 3. The van der Waals surface area contributed by atoms with E-state index in [9.17, 15) is 9.59 Å². The average Bonchev–Trinajstić information content (AvgIpc) is 2.46. The van der Waals surface area contributed by atoms with Gasteiger partial charge in [-0.05, 0) is 43.8 Å². The van der Waals surface area contributed by atoms with Crippen LogP contribution in [0.2, 0.25) is 0 Å². The minimum Gasteiger partial charge on any atom is -0.351 e. The van der Waals surface area contributed by atoms with Gasteiger partial charge in [-0.2, -0.15) is 11.8 Å². The molecule has 2 N–H and O–H groups in total. The molecule has 0 aromatic carbocycles. The molecule has 0 aromatic rings. The third kappa shape index (κ3) is 6.21. The molecular weight excluding hydrogens is 308 g/mol. The number of rotatable bonds is 7. The quantitative estimate of drug-likeness (QED) is 0.701. The molecule has 0 radical (unpaired) electrons. The van der Waals surface area contributed by atoms with Crippen LogP contribution in [0.15, 0.2) is 12.2 Å².